The SMILES string of the molecule is COC(=O)c1c(N)c(C#N)cn1-c1c(Cl)cccc1-c1cccc(C)c1O. The number of rotatable bonds is 3. The summed E-state index contributed by atoms with van der Waals surface area (Å²) in [4.78, 5) is 12.3. The maximum atomic E-state index is 12.3. The van der Waals surface area contributed by atoms with Gasteiger partial charge in [-0.25, -0.2) is 4.79 Å². The summed E-state index contributed by atoms with van der Waals surface area (Å²) in [5, 5.41) is 20.2. The second kappa shape index (κ2) is 7.06. The zero-order valence-electron chi connectivity index (χ0n) is 14.7. The van der Waals surface area contributed by atoms with E-state index in [1.807, 2.05) is 6.07 Å². The largest absolute Gasteiger partial charge is 0.507 e. The van der Waals surface area contributed by atoms with Crippen LogP contribution in [-0.2, 0) is 4.74 Å². The Labute approximate surface area is 161 Å². The Kier molecular flexibility index (Phi) is 4.80. The highest BCUT2D eigenvalue weighted by atomic mass is 35.5. The third-order valence-electron chi connectivity index (χ3n) is 4.30. The summed E-state index contributed by atoms with van der Waals surface area (Å²) in [6.07, 6.45) is 1.43. The number of phenolic OH excluding ortho intramolecular Hbond substituents is 1. The van der Waals surface area contributed by atoms with E-state index in [1.54, 1.807) is 43.3 Å². The van der Waals surface area contributed by atoms with E-state index in [1.165, 1.54) is 17.9 Å². The van der Waals surface area contributed by atoms with Gasteiger partial charge < -0.3 is 20.1 Å². The average Bonchev–Trinajstić information content (AvgIpc) is 2.99. The number of methoxy groups -OCH3 is 1. The molecule has 0 fully saturated rings. The normalized spacial score (nSPS) is 10.4. The highest BCUT2D eigenvalue weighted by Crippen LogP contribution is 2.40. The van der Waals surface area contributed by atoms with Gasteiger partial charge in [-0.2, -0.15) is 5.26 Å². The number of hydrogen-bond donors (Lipinski definition) is 2. The number of benzene rings is 2. The summed E-state index contributed by atoms with van der Waals surface area (Å²) in [5.74, 6) is -0.602. The van der Waals surface area contributed by atoms with Crippen LogP contribution in [-0.4, -0.2) is 22.8 Å². The van der Waals surface area contributed by atoms with Gasteiger partial charge >= 0.3 is 5.97 Å². The summed E-state index contributed by atoms with van der Waals surface area (Å²) in [7, 11) is 1.23. The third-order valence-corrected chi connectivity index (χ3v) is 4.60. The van der Waals surface area contributed by atoms with Crippen LogP contribution >= 0.6 is 11.6 Å². The first-order valence-corrected chi connectivity index (χ1v) is 8.35. The van der Waals surface area contributed by atoms with Gasteiger partial charge in [-0.15, -0.1) is 0 Å². The molecule has 0 aliphatic heterocycles. The molecule has 0 atom stereocenters. The number of anilines is 1. The lowest BCUT2D eigenvalue weighted by Crippen LogP contribution is -2.12. The van der Waals surface area contributed by atoms with Crippen LogP contribution in [0.2, 0.25) is 5.02 Å². The predicted octanol–water partition coefficient (Wildman–Crippen LogP) is 4.05. The van der Waals surface area contributed by atoms with Crippen molar-refractivity contribution in [2.45, 2.75) is 6.92 Å². The van der Waals surface area contributed by atoms with Crippen molar-refractivity contribution in [2.24, 2.45) is 0 Å². The number of nitrogen functional groups attached to an aromatic ring is 1. The highest BCUT2D eigenvalue weighted by molar-refractivity contribution is 6.33. The third kappa shape index (κ3) is 2.98. The molecule has 0 radical (unpaired) electrons. The predicted molar refractivity (Wildman–Crippen MR) is 103 cm³/mol. The maximum Gasteiger partial charge on any atom is 0.357 e. The van der Waals surface area contributed by atoms with Gasteiger partial charge in [-0.3, -0.25) is 0 Å². The van der Waals surface area contributed by atoms with Crippen LogP contribution in [0.3, 0.4) is 0 Å². The smallest absolute Gasteiger partial charge is 0.357 e. The number of aryl methyl sites for hydroxylation is 1. The van der Waals surface area contributed by atoms with Crippen LogP contribution < -0.4 is 5.73 Å². The fourth-order valence-electron chi connectivity index (χ4n) is 2.94. The quantitative estimate of drug-likeness (QED) is 0.666. The number of esters is 1. The standard InChI is InChI=1S/C20H16ClN3O3/c1-11-5-3-7-14(19(11)25)13-6-4-8-15(21)17(13)24-10-12(9-22)16(23)18(24)20(26)27-2/h3-8,10,25H,23H2,1-2H3. The molecule has 3 N–H and O–H groups in total. The summed E-state index contributed by atoms with van der Waals surface area (Å²) in [6, 6.07) is 12.4. The van der Waals surface area contributed by atoms with E-state index >= 15 is 0 Å². The van der Waals surface area contributed by atoms with Gasteiger partial charge in [-0.1, -0.05) is 41.9 Å². The van der Waals surface area contributed by atoms with Crippen molar-refractivity contribution in [1.29, 1.82) is 5.26 Å². The Hall–Kier alpha value is -3.43. The van der Waals surface area contributed by atoms with Crippen molar-refractivity contribution >= 4 is 23.3 Å². The number of halogens is 1. The van der Waals surface area contributed by atoms with Gasteiger partial charge in [0.15, 0.2) is 5.69 Å². The van der Waals surface area contributed by atoms with Gasteiger partial charge in [-0.05, 0) is 18.6 Å². The topological polar surface area (TPSA) is 101 Å². The summed E-state index contributed by atoms with van der Waals surface area (Å²) < 4.78 is 6.25. The van der Waals surface area contributed by atoms with Gasteiger partial charge in [0.2, 0.25) is 0 Å². The van der Waals surface area contributed by atoms with Gasteiger partial charge in [0, 0.05) is 17.3 Å². The number of aromatic hydroxyl groups is 1. The van der Waals surface area contributed by atoms with Crippen molar-refractivity contribution in [1.82, 2.24) is 4.57 Å². The number of nitriles is 1. The molecule has 6 nitrogen and oxygen atoms in total. The molecular formula is C20H16ClN3O3. The number of ether oxygens (including phenoxy) is 1. The minimum Gasteiger partial charge on any atom is -0.507 e. The molecule has 0 amide bonds. The summed E-state index contributed by atoms with van der Waals surface area (Å²) in [5.41, 5.74) is 8.32. The second-order valence-electron chi connectivity index (χ2n) is 5.89. The lowest BCUT2D eigenvalue weighted by atomic mass is 10.00. The molecule has 7 heteroatoms. The van der Waals surface area contributed by atoms with Crippen LogP contribution in [0.1, 0.15) is 21.6 Å². The number of nitrogens with zero attached hydrogens (tertiary/aromatic N) is 2. The number of phenols is 1. The monoisotopic (exact) mass is 381 g/mol. The molecule has 1 heterocycles. The zero-order chi connectivity index (χ0) is 19.7. The molecule has 0 spiro atoms. The second-order valence-corrected chi connectivity index (χ2v) is 6.29. The van der Waals surface area contributed by atoms with Crippen molar-refractivity contribution in [3.05, 3.63) is 64.4 Å². The Balaban J connectivity index is 2.40. The fraction of sp³-hybridized carbons (Fsp3) is 0.100. The van der Waals surface area contributed by atoms with Gasteiger partial charge in [0.1, 0.15) is 11.8 Å². The van der Waals surface area contributed by atoms with Crippen molar-refractivity contribution in [2.75, 3.05) is 12.8 Å². The highest BCUT2D eigenvalue weighted by Gasteiger charge is 2.25. The molecule has 2 aromatic carbocycles. The molecule has 1 aromatic heterocycles. The van der Waals surface area contributed by atoms with E-state index in [0.29, 0.717) is 27.4 Å². The maximum absolute atomic E-state index is 12.3. The Morgan fingerprint density at radius 3 is 2.59 bits per heavy atom. The van der Waals surface area contributed by atoms with Crippen LogP contribution in [0.5, 0.6) is 5.75 Å². The molecule has 0 aliphatic rings. The minimum absolute atomic E-state index is 0.00341. The van der Waals surface area contributed by atoms with Gasteiger partial charge in [0.25, 0.3) is 0 Å². The van der Waals surface area contributed by atoms with Crippen molar-refractivity contribution < 1.29 is 14.6 Å². The molecule has 0 aliphatic carbocycles. The molecule has 0 unspecified atom stereocenters. The fourth-order valence-corrected chi connectivity index (χ4v) is 3.21. The molecular weight excluding hydrogens is 366 g/mol. The van der Waals surface area contributed by atoms with Crippen LogP contribution in [0.15, 0.2) is 42.6 Å². The van der Waals surface area contributed by atoms with E-state index in [4.69, 9.17) is 22.1 Å². The molecule has 3 rings (SSSR count). The first kappa shape index (κ1) is 18.4. The van der Waals surface area contributed by atoms with E-state index in [-0.39, 0.29) is 22.7 Å². The Morgan fingerprint density at radius 1 is 1.26 bits per heavy atom. The Bertz CT molecular complexity index is 1100. The van der Waals surface area contributed by atoms with Crippen LogP contribution in [0.25, 0.3) is 16.8 Å². The number of aromatic nitrogens is 1. The molecule has 3 aromatic rings. The van der Waals surface area contributed by atoms with E-state index in [2.05, 4.69) is 0 Å². The number of hydrogen-bond acceptors (Lipinski definition) is 5. The average molecular weight is 382 g/mol. The lowest BCUT2D eigenvalue weighted by molar-refractivity contribution is 0.0593. The van der Waals surface area contributed by atoms with Crippen LogP contribution in [0, 0.1) is 18.3 Å². The van der Waals surface area contributed by atoms with E-state index in [0.717, 1.165) is 0 Å². The van der Waals surface area contributed by atoms with Gasteiger partial charge in [0.05, 0.1) is 29.1 Å². The lowest BCUT2D eigenvalue weighted by Gasteiger charge is -2.17. The summed E-state index contributed by atoms with van der Waals surface area (Å²) in [6.45, 7) is 1.78. The number of nitrogens with two attached hydrogens (primary N) is 1. The zero-order valence-corrected chi connectivity index (χ0v) is 15.4. The van der Waals surface area contributed by atoms with E-state index < -0.39 is 5.97 Å². The number of carbonyl (C=O) groups excluding carboxylic acids is 1. The molecule has 0 saturated heterocycles. The first-order chi connectivity index (χ1) is 12.9. The summed E-state index contributed by atoms with van der Waals surface area (Å²) >= 11 is 6.45. The molecule has 0 saturated carbocycles. The molecule has 0 bridgehead atoms. The Morgan fingerprint density at radius 2 is 1.93 bits per heavy atom. The first-order valence-electron chi connectivity index (χ1n) is 7.97. The van der Waals surface area contributed by atoms with Crippen molar-refractivity contribution in [3.63, 3.8) is 0 Å². The van der Waals surface area contributed by atoms with E-state index in [9.17, 15) is 15.2 Å². The molecule has 27 heavy (non-hydrogen) atoms. The van der Waals surface area contributed by atoms with Crippen molar-refractivity contribution in [3.8, 4) is 28.6 Å². The van der Waals surface area contributed by atoms with Crippen LogP contribution in [0.4, 0.5) is 5.69 Å². The number of carbonyl (C=O) groups is 1. The number of para-hydroxylation sites is 2. The molecule has 136 valence electrons. The minimum atomic E-state index is -0.701.